The molecule has 0 atom stereocenters. The number of hydrogen-bond donors (Lipinski definition) is 1. The van der Waals surface area contributed by atoms with Gasteiger partial charge in [0.15, 0.2) is 5.78 Å². The van der Waals surface area contributed by atoms with Crippen LogP contribution >= 0.6 is 0 Å². The second-order valence-corrected chi connectivity index (χ2v) is 3.68. The van der Waals surface area contributed by atoms with E-state index in [0.717, 1.165) is 4.90 Å². The Kier molecular flexibility index (Phi) is 4.39. The highest BCUT2D eigenvalue weighted by Crippen LogP contribution is 2.04. The van der Waals surface area contributed by atoms with Gasteiger partial charge in [-0.25, -0.2) is 0 Å². The second-order valence-electron chi connectivity index (χ2n) is 3.68. The van der Waals surface area contributed by atoms with Gasteiger partial charge in [0.1, 0.15) is 0 Å². The monoisotopic (exact) mass is 234 g/mol. The normalized spacial score (nSPS) is 9.71. The van der Waals surface area contributed by atoms with Gasteiger partial charge in [0.25, 0.3) is 0 Å². The lowest BCUT2D eigenvalue weighted by molar-refractivity contribution is -0.133. The molecule has 0 aliphatic heterocycles. The van der Waals surface area contributed by atoms with Crippen LogP contribution in [-0.4, -0.2) is 36.1 Å². The van der Waals surface area contributed by atoms with E-state index in [1.807, 2.05) is 0 Å². The number of nitrogens with two attached hydrogens (primary N) is 1. The first kappa shape index (κ1) is 12.9. The van der Waals surface area contributed by atoms with E-state index in [4.69, 9.17) is 5.73 Å². The number of ketones is 1. The fraction of sp³-hybridized carbons (Fsp3) is 0.250. The van der Waals surface area contributed by atoms with Gasteiger partial charge < -0.3 is 10.6 Å². The average Bonchev–Trinajstić information content (AvgIpc) is 2.29. The highest BCUT2D eigenvalue weighted by Gasteiger charge is 2.16. The van der Waals surface area contributed by atoms with Gasteiger partial charge in [-0.1, -0.05) is 30.3 Å². The molecule has 1 rings (SSSR count). The van der Waals surface area contributed by atoms with Gasteiger partial charge in [-0.15, -0.1) is 0 Å². The first-order chi connectivity index (χ1) is 8.00. The molecule has 1 aromatic rings. The Bertz CT molecular complexity index is 429. The van der Waals surface area contributed by atoms with E-state index < -0.39 is 11.8 Å². The van der Waals surface area contributed by atoms with Crippen molar-refractivity contribution in [1.29, 1.82) is 0 Å². The Morgan fingerprint density at radius 1 is 1.18 bits per heavy atom. The topological polar surface area (TPSA) is 80.5 Å². The third kappa shape index (κ3) is 4.06. The molecule has 0 aliphatic rings. The maximum absolute atomic E-state index is 11.7. The molecule has 0 fully saturated rings. The van der Waals surface area contributed by atoms with Crippen molar-refractivity contribution in [2.75, 3.05) is 13.6 Å². The maximum atomic E-state index is 11.7. The molecule has 5 nitrogen and oxygen atoms in total. The number of amides is 2. The number of rotatable bonds is 5. The standard InChI is InChI=1S/C12H14N2O3/c1-14(8-11(13)16)12(17)7-10(15)9-5-3-2-4-6-9/h2-6H,7-8H2,1H3,(H2,13,16). The molecule has 0 heterocycles. The Morgan fingerprint density at radius 3 is 2.29 bits per heavy atom. The third-order valence-electron chi connectivity index (χ3n) is 2.23. The molecule has 0 bridgehead atoms. The molecule has 2 amide bonds. The van der Waals surface area contributed by atoms with Crippen LogP contribution in [0.15, 0.2) is 30.3 Å². The molecule has 0 spiro atoms. The van der Waals surface area contributed by atoms with Crippen molar-refractivity contribution in [2.45, 2.75) is 6.42 Å². The minimum atomic E-state index is -0.604. The summed E-state index contributed by atoms with van der Waals surface area (Å²) in [5.41, 5.74) is 5.44. The van der Waals surface area contributed by atoms with Gasteiger partial charge in [0, 0.05) is 12.6 Å². The van der Waals surface area contributed by atoms with Crippen LogP contribution in [-0.2, 0) is 9.59 Å². The van der Waals surface area contributed by atoms with Crippen molar-refractivity contribution in [2.24, 2.45) is 5.73 Å². The van der Waals surface area contributed by atoms with E-state index >= 15 is 0 Å². The molecule has 5 heteroatoms. The molecule has 0 radical (unpaired) electrons. The average molecular weight is 234 g/mol. The molecule has 2 N–H and O–H groups in total. The summed E-state index contributed by atoms with van der Waals surface area (Å²) in [6.45, 7) is -0.180. The first-order valence-electron chi connectivity index (χ1n) is 5.11. The largest absolute Gasteiger partial charge is 0.368 e. The quantitative estimate of drug-likeness (QED) is 0.584. The van der Waals surface area contributed by atoms with Gasteiger partial charge in [-0.3, -0.25) is 14.4 Å². The fourth-order valence-electron chi connectivity index (χ4n) is 1.32. The molecule has 0 saturated heterocycles. The predicted octanol–water partition coefficient (Wildman–Crippen LogP) is 0.203. The number of nitrogens with zero attached hydrogens (tertiary/aromatic N) is 1. The van der Waals surface area contributed by atoms with E-state index in [0.29, 0.717) is 5.56 Å². The van der Waals surface area contributed by atoms with E-state index in [-0.39, 0.29) is 18.7 Å². The van der Waals surface area contributed by atoms with Crippen LogP contribution in [0.4, 0.5) is 0 Å². The summed E-state index contributed by atoms with van der Waals surface area (Å²) in [6.07, 6.45) is -0.256. The second kappa shape index (κ2) is 5.79. The van der Waals surface area contributed by atoms with Crippen molar-refractivity contribution in [1.82, 2.24) is 4.90 Å². The van der Waals surface area contributed by atoms with Crippen LogP contribution in [0.1, 0.15) is 16.8 Å². The van der Waals surface area contributed by atoms with Crippen molar-refractivity contribution in [3.63, 3.8) is 0 Å². The fourth-order valence-corrected chi connectivity index (χ4v) is 1.32. The molecule has 0 aromatic heterocycles. The van der Waals surface area contributed by atoms with Crippen LogP contribution < -0.4 is 5.73 Å². The molecule has 90 valence electrons. The summed E-state index contributed by atoms with van der Waals surface area (Å²) in [5, 5.41) is 0. The van der Waals surface area contributed by atoms with Crippen molar-refractivity contribution in [3.8, 4) is 0 Å². The summed E-state index contributed by atoms with van der Waals surface area (Å²) >= 11 is 0. The molecule has 0 saturated carbocycles. The summed E-state index contributed by atoms with van der Waals surface area (Å²) in [7, 11) is 1.44. The lowest BCUT2D eigenvalue weighted by Crippen LogP contribution is -2.36. The summed E-state index contributed by atoms with van der Waals surface area (Å²) in [5.74, 6) is -1.29. The van der Waals surface area contributed by atoms with Gasteiger partial charge in [0.05, 0.1) is 13.0 Å². The minimum absolute atomic E-state index is 0.180. The zero-order valence-corrected chi connectivity index (χ0v) is 9.55. The summed E-state index contributed by atoms with van der Waals surface area (Å²) in [4.78, 5) is 35.0. The Labute approximate surface area is 99.2 Å². The highest BCUT2D eigenvalue weighted by molar-refractivity contribution is 6.07. The molecule has 17 heavy (non-hydrogen) atoms. The minimum Gasteiger partial charge on any atom is -0.368 e. The number of Topliss-reactive ketones (excluding diaryl/α,β-unsaturated/α-hetero) is 1. The van der Waals surface area contributed by atoms with Crippen molar-refractivity contribution < 1.29 is 14.4 Å². The number of carbonyl (C=O) groups is 3. The zero-order chi connectivity index (χ0) is 12.8. The van der Waals surface area contributed by atoms with Gasteiger partial charge in [-0.05, 0) is 0 Å². The Balaban J connectivity index is 2.58. The lowest BCUT2D eigenvalue weighted by atomic mass is 10.1. The number of benzene rings is 1. The van der Waals surface area contributed by atoms with E-state index in [1.165, 1.54) is 7.05 Å². The van der Waals surface area contributed by atoms with Gasteiger partial charge >= 0.3 is 0 Å². The van der Waals surface area contributed by atoms with E-state index in [1.54, 1.807) is 30.3 Å². The highest BCUT2D eigenvalue weighted by atomic mass is 16.2. The Hall–Kier alpha value is -2.17. The first-order valence-corrected chi connectivity index (χ1v) is 5.11. The SMILES string of the molecule is CN(CC(N)=O)C(=O)CC(=O)c1ccccc1. The van der Waals surface area contributed by atoms with Gasteiger partial charge in [-0.2, -0.15) is 0 Å². The third-order valence-corrected chi connectivity index (χ3v) is 2.23. The van der Waals surface area contributed by atoms with Crippen molar-refractivity contribution >= 4 is 17.6 Å². The number of likely N-dealkylation sites (N-methyl/N-ethyl adjacent to an activating group) is 1. The zero-order valence-electron chi connectivity index (χ0n) is 9.55. The molecular weight excluding hydrogens is 220 g/mol. The number of carbonyl (C=O) groups excluding carboxylic acids is 3. The lowest BCUT2D eigenvalue weighted by Gasteiger charge is -2.14. The van der Waals surface area contributed by atoms with E-state index in [2.05, 4.69) is 0 Å². The smallest absolute Gasteiger partial charge is 0.237 e. The molecular formula is C12H14N2O3. The van der Waals surface area contributed by atoms with Crippen LogP contribution in [0.3, 0.4) is 0 Å². The van der Waals surface area contributed by atoms with Crippen LogP contribution in [0.25, 0.3) is 0 Å². The number of hydrogen-bond acceptors (Lipinski definition) is 3. The predicted molar refractivity (Wildman–Crippen MR) is 62.2 cm³/mol. The maximum Gasteiger partial charge on any atom is 0.237 e. The molecule has 0 unspecified atom stereocenters. The summed E-state index contributed by atoms with van der Waals surface area (Å²) in [6, 6.07) is 8.53. The number of primary amides is 1. The Morgan fingerprint density at radius 2 is 1.76 bits per heavy atom. The van der Waals surface area contributed by atoms with Gasteiger partial charge in [0.2, 0.25) is 11.8 Å². The van der Waals surface area contributed by atoms with Crippen LogP contribution in [0.2, 0.25) is 0 Å². The van der Waals surface area contributed by atoms with E-state index in [9.17, 15) is 14.4 Å². The summed E-state index contributed by atoms with van der Waals surface area (Å²) < 4.78 is 0. The van der Waals surface area contributed by atoms with Crippen molar-refractivity contribution in [3.05, 3.63) is 35.9 Å². The molecule has 0 aliphatic carbocycles. The van der Waals surface area contributed by atoms with Crippen LogP contribution in [0, 0.1) is 0 Å². The molecule has 1 aromatic carbocycles. The van der Waals surface area contributed by atoms with Crippen LogP contribution in [0.5, 0.6) is 0 Å².